The van der Waals surface area contributed by atoms with Crippen LogP contribution in [0.1, 0.15) is 24.2 Å². The zero-order valence-corrected chi connectivity index (χ0v) is 17.1. The summed E-state index contributed by atoms with van der Waals surface area (Å²) in [6.45, 7) is 3.77. The van der Waals surface area contributed by atoms with E-state index in [4.69, 9.17) is 20.9 Å². The van der Waals surface area contributed by atoms with E-state index in [2.05, 4.69) is 20.1 Å². The lowest BCUT2D eigenvalue weighted by atomic mass is 10.1. The molecular formula is C20H22ClN5O3. The van der Waals surface area contributed by atoms with Crippen molar-refractivity contribution in [1.82, 2.24) is 19.9 Å². The Kier molecular flexibility index (Phi) is 5.64. The Hall–Kier alpha value is -2.71. The SMILES string of the molecule is COC1CCN(c2cnn(Cc3c(-c4ccc(Cl)nc4)noc3C)c(=O)c2)CC1. The number of piperidine rings is 1. The summed E-state index contributed by atoms with van der Waals surface area (Å²) in [5.74, 6) is 0.634. The number of methoxy groups -OCH3 is 1. The van der Waals surface area contributed by atoms with Gasteiger partial charge in [0.25, 0.3) is 5.56 Å². The maximum Gasteiger partial charge on any atom is 0.269 e. The molecule has 4 rings (SSSR count). The fourth-order valence-electron chi connectivity index (χ4n) is 3.54. The number of pyridine rings is 1. The van der Waals surface area contributed by atoms with E-state index < -0.39 is 0 Å². The smallest absolute Gasteiger partial charge is 0.269 e. The monoisotopic (exact) mass is 415 g/mol. The molecule has 3 aromatic rings. The van der Waals surface area contributed by atoms with Crippen LogP contribution in [0.15, 0.2) is 39.9 Å². The summed E-state index contributed by atoms with van der Waals surface area (Å²) in [5.41, 5.74) is 2.86. The van der Waals surface area contributed by atoms with Crippen molar-refractivity contribution in [2.24, 2.45) is 0 Å². The van der Waals surface area contributed by atoms with Crippen LogP contribution in [-0.2, 0) is 11.3 Å². The molecule has 1 fully saturated rings. The van der Waals surface area contributed by atoms with Crippen LogP contribution in [0.4, 0.5) is 5.69 Å². The van der Waals surface area contributed by atoms with Crippen LogP contribution in [-0.4, -0.2) is 46.2 Å². The average Bonchev–Trinajstić information content (AvgIpc) is 3.10. The van der Waals surface area contributed by atoms with Gasteiger partial charge in [0, 0.05) is 43.6 Å². The van der Waals surface area contributed by atoms with Gasteiger partial charge in [-0.25, -0.2) is 9.67 Å². The van der Waals surface area contributed by atoms with Crippen LogP contribution >= 0.6 is 11.6 Å². The van der Waals surface area contributed by atoms with Crippen molar-refractivity contribution in [2.75, 3.05) is 25.1 Å². The van der Waals surface area contributed by atoms with E-state index in [9.17, 15) is 4.79 Å². The molecule has 0 aliphatic carbocycles. The fraction of sp³-hybridized carbons (Fsp3) is 0.400. The van der Waals surface area contributed by atoms with E-state index in [-0.39, 0.29) is 18.2 Å². The molecule has 1 saturated heterocycles. The number of anilines is 1. The number of hydrogen-bond acceptors (Lipinski definition) is 7. The van der Waals surface area contributed by atoms with Gasteiger partial charge in [0.05, 0.1) is 24.5 Å². The number of rotatable bonds is 5. The zero-order chi connectivity index (χ0) is 20.4. The second-order valence-corrected chi connectivity index (χ2v) is 7.45. The Bertz CT molecular complexity index is 1040. The number of hydrogen-bond donors (Lipinski definition) is 0. The minimum Gasteiger partial charge on any atom is -0.381 e. The molecule has 3 aromatic heterocycles. The van der Waals surface area contributed by atoms with E-state index in [1.165, 1.54) is 4.68 Å². The van der Waals surface area contributed by atoms with E-state index in [1.807, 2.05) is 13.0 Å². The van der Waals surface area contributed by atoms with E-state index in [1.54, 1.807) is 31.6 Å². The second kappa shape index (κ2) is 8.34. The van der Waals surface area contributed by atoms with Crippen LogP contribution in [0.5, 0.6) is 0 Å². The van der Waals surface area contributed by atoms with Gasteiger partial charge in [0.1, 0.15) is 16.6 Å². The van der Waals surface area contributed by atoms with Crippen LogP contribution < -0.4 is 10.5 Å². The van der Waals surface area contributed by atoms with Crippen LogP contribution in [0.25, 0.3) is 11.3 Å². The molecule has 0 amide bonds. The number of nitrogens with zero attached hydrogens (tertiary/aromatic N) is 5. The number of aromatic nitrogens is 4. The first-order chi connectivity index (χ1) is 14.0. The minimum absolute atomic E-state index is 0.169. The van der Waals surface area contributed by atoms with Crippen molar-refractivity contribution in [1.29, 1.82) is 0 Å². The van der Waals surface area contributed by atoms with Crippen molar-refractivity contribution < 1.29 is 9.26 Å². The lowest BCUT2D eigenvalue weighted by molar-refractivity contribution is 0.0819. The predicted octanol–water partition coefficient (Wildman–Crippen LogP) is 2.92. The quantitative estimate of drug-likeness (QED) is 0.592. The van der Waals surface area contributed by atoms with Crippen LogP contribution in [0.3, 0.4) is 0 Å². The summed E-state index contributed by atoms with van der Waals surface area (Å²) < 4.78 is 12.2. The van der Waals surface area contributed by atoms with E-state index in [0.29, 0.717) is 16.6 Å². The minimum atomic E-state index is -0.169. The van der Waals surface area contributed by atoms with Gasteiger partial charge in [-0.15, -0.1) is 0 Å². The fourth-order valence-corrected chi connectivity index (χ4v) is 3.65. The first-order valence-corrected chi connectivity index (χ1v) is 9.85. The Balaban J connectivity index is 1.56. The summed E-state index contributed by atoms with van der Waals surface area (Å²) in [5, 5.41) is 8.91. The lowest BCUT2D eigenvalue weighted by Gasteiger charge is -2.32. The summed E-state index contributed by atoms with van der Waals surface area (Å²) in [4.78, 5) is 19.0. The van der Waals surface area contributed by atoms with Crippen molar-refractivity contribution in [3.8, 4) is 11.3 Å². The lowest BCUT2D eigenvalue weighted by Crippen LogP contribution is -2.37. The predicted molar refractivity (Wildman–Crippen MR) is 109 cm³/mol. The molecule has 0 unspecified atom stereocenters. The standard InChI is InChI=1S/C20H22ClN5O3/c1-13-17(20(24-29-13)14-3-4-18(21)22-10-14)12-26-19(27)9-15(11-23-26)25-7-5-16(28-2)6-8-25/h3-4,9-11,16H,5-8,12H2,1-2H3. The number of ether oxygens (including phenoxy) is 1. The third kappa shape index (κ3) is 4.18. The van der Waals surface area contributed by atoms with Gasteiger partial charge in [0.15, 0.2) is 0 Å². The Morgan fingerprint density at radius 2 is 2.07 bits per heavy atom. The maximum atomic E-state index is 12.7. The molecule has 0 bridgehead atoms. The molecule has 0 N–H and O–H groups in total. The highest BCUT2D eigenvalue weighted by Gasteiger charge is 2.21. The molecule has 1 aliphatic rings. The Morgan fingerprint density at radius 1 is 1.28 bits per heavy atom. The molecule has 29 heavy (non-hydrogen) atoms. The van der Waals surface area contributed by atoms with Gasteiger partial charge in [-0.3, -0.25) is 4.79 Å². The van der Waals surface area contributed by atoms with Crippen LogP contribution in [0, 0.1) is 6.92 Å². The summed E-state index contributed by atoms with van der Waals surface area (Å²) in [6.07, 6.45) is 5.54. The Morgan fingerprint density at radius 3 is 2.72 bits per heavy atom. The highest BCUT2D eigenvalue weighted by molar-refractivity contribution is 6.29. The third-order valence-electron chi connectivity index (χ3n) is 5.29. The molecule has 8 nitrogen and oxygen atoms in total. The second-order valence-electron chi connectivity index (χ2n) is 7.07. The van der Waals surface area contributed by atoms with Crippen molar-refractivity contribution >= 4 is 17.3 Å². The summed E-state index contributed by atoms with van der Waals surface area (Å²) in [7, 11) is 1.74. The number of halogens is 1. The number of aryl methyl sites for hydroxylation is 1. The van der Waals surface area contributed by atoms with Gasteiger partial charge >= 0.3 is 0 Å². The molecule has 0 spiro atoms. The van der Waals surface area contributed by atoms with Crippen molar-refractivity contribution in [3.05, 3.63) is 57.4 Å². The highest BCUT2D eigenvalue weighted by Crippen LogP contribution is 2.26. The molecule has 4 heterocycles. The molecular weight excluding hydrogens is 394 g/mol. The largest absolute Gasteiger partial charge is 0.381 e. The van der Waals surface area contributed by atoms with Gasteiger partial charge in [-0.1, -0.05) is 16.8 Å². The summed E-state index contributed by atoms with van der Waals surface area (Å²) in [6, 6.07) is 5.14. The summed E-state index contributed by atoms with van der Waals surface area (Å²) >= 11 is 5.87. The highest BCUT2D eigenvalue weighted by atomic mass is 35.5. The average molecular weight is 416 g/mol. The molecule has 0 aromatic carbocycles. The van der Waals surface area contributed by atoms with Crippen molar-refractivity contribution in [2.45, 2.75) is 32.4 Å². The van der Waals surface area contributed by atoms with E-state index in [0.717, 1.165) is 42.7 Å². The van der Waals surface area contributed by atoms with Gasteiger partial charge < -0.3 is 14.2 Å². The molecule has 0 atom stereocenters. The van der Waals surface area contributed by atoms with Crippen LogP contribution in [0.2, 0.25) is 5.15 Å². The Labute approximate surface area is 173 Å². The molecule has 9 heteroatoms. The first-order valence-electron chi connectivity index (χ1n) is 9.47. The third-order valence-corrected chi connectivity index (χ3v) is 5.51. The zero-order valence-electron chi connectivity index (χ0n) is 16.3. The molecule has 152 valence electrons. The molecule has 0 radical (unpaired) electrons. The topological polar surface area (TPSA) is 86.3 Å². The normalized spacial score (nSPS) is 15.1. The maximum absolute atomic E-state index is 12.7. The molecule has 0 saturated carbocycles. The van der Waals surface area contributed by atoms with Gasteiger partial charge in [0.2, 0.25) is 0 Å². The van der Waals surface area contributed by atoms with E-state index >= 15 is 0 Å². The van der Waals surface area contributed by atoms with Crippen molar-refractivity contribution in [3.63, 3.8) is 0 Å². The van der Waals surface area contributed by atoms with Gasteiger partial charge in [-0.05, 0) is 31.9 Å². The molecule has 1 aliphatic heterocycles. The van der Waals surface area contributed by atoms with Gasteiger partial charge in [-0.2, -0.15) is 5.10 Å². The first kappa shape index (κ1) is 19.6.